The molecule has 1 rings (SSSR count). The molecule has 84 valence electrons. The highest BCUT2D eigenvalue weighted by Crippen LogP contribution is 2.02. The summed E-state index contributed by atoms with van der Waals surface area (Å²) in [6, 6.07) is 5.79. The molecule has 0 aliphatic heterocycles. The summed E-state index contributed by atoms with van der Waals surface area (Å²) in [5.41, 5.74) is 6.49. The third-order valence-electron chi connectivity index (χ3n) is 1.15. The van der Waals surface area contributed by atoms with Crippen molar-refractivity contribution < 1.29 is 0 Å². The van der Waals surface area contributed by atoms with E-state index in [0.717, 1.165) is 5.69 Å². The quantitative estimate of drug-likeness (QED) is 0.783. The van der Waals surface area contributed by atoms with Crippen LogP contribution < -0.4 is 5.73 Å². The fourth-order valence-corrected chi connectivity index (χ4v) is 0.645. The molecule has 0 radical (unpaired) electrons. The van der Waals surface area contributed by atoms with E-state index < -0.39 is 0 Å². The van der Waals surface area contributed by atoms with Gasteiger partial charge < -0.3 is 5.73 Å². The molecule has 0 aliphatic carbocycles. The highest BCUT2D eigenvalue weighted by molar-refractivity contribution is 5.85. The number of nitrogens with two attached hydrogens (primary N) is 1. The average Bonchev–Trinajstić information content (AvgIpc) is 2.25. The topological polar surface area (TPSA) is 38.9 Å². The third-order valence-corrected chi connectivity index (χ3v) is 1.15. The Morgan fingerprint density at radius 2 is 1.64 bits per heavy atom. The normalized spacial score (nSPS) is 9.29. The Balaban J connectivity index is -0.000000216. The Kier molecular flexibility index (Phi) is 20.3. The van der Waals surface area contributed by atoms with Crippen molar-refractivity contribution in [3.63, 3.8) is 0 Å². The van der Waals surface area contributed by atoms with Gasteiger partial charge in [-0.15, -0.1) is 12.4 Å². The highest BCUT2D eigenvalue weighted by atomic mass is 35.5. The fourth-order valence-electron chi connectivity index (χ4n) is 0.645. The van der Waals surface area contributed by atoms with Crippen LogP contribution in [-0.2, 0) is 0 Å². The van der Waals surface area contributed by atoms with Crippen molar-refractivity contribution in [1.29, 1.82) is 0 Å². The summed E-state index contributed by atoms with van der Waals surface area (Å²) in [6.45, 7) is 9.92. The summed E-state index contributed by atoms with van der Waals surface area (Å²) < 4.78 is 0. The molecule has 0 saturated carbocycles. The van der Waals surface area contributed by atoms with E-state index in [9.17, 15) is 0 Å². The van der Waals surface area contributed by atoms with Gasteiger partial charge in [-0.1, -0.05) is 33.8 Å². The second kappa shape index (κ2) is 14.9. The SMILES string of the molecule is CC.CC.CC(N)c1ccccn1.Cl. The van der Waals surface area contributed by atoms with E-state index in [1.165, 1.54) is 0 Å². The Labute approximate surface area is 94.3 Å². The lowest BCUT2D eigenvalue weighted by Crippen LogP contribution is -2.06. The zero-order valence-electron chi connectivity index (χ0n) is 9.82. The number of halogens is 1. The molecule has 0 amide bonds. The van der Waals surface area contributed by atoms with Crippen LogP contribution in [0.2, 0.25) is 0 Å². The molecule has 1 aromatic rings. The van der Waals surface area contributed by atoms with Gasteiger partial charge in [0.15, 0.2) is 0 Å². The number of rotatable bonds is 1. The molecule has 1 atom stereocenters. The molecular weight excluding hydrogens is 196 g/mol. The second-order valence-corrected chi connectivity index (χ2v) is 2.04. The Hall–Kier alpha value is -0.600. The Morgan fingerprint density at radius 3 is 1.86 bits per heavy atom. The number of nitrogens with zero attached hydrogens (tertiary/aromatic N) is 1. The van der Waals surface area contributed by atoms with E-state index in [-0.39, 0.29) is 18.4 Å². The number of hydrogen-bond donors (Lipinski definition) is 1. The van der Waals surface area contributed by atoms with E-state index >= 15 is 0 Å². The van der Waals surface area contributed by atoms with Crippen LogP contribution in [0, 0.1) is 0 Å². The van der Waals surface area contributed by atoms with Gasteiger partial charge in [0.05, 0.1) is 5.69 Å². The van der Waals surface area contributed by atoms with Crippen molar-refractivity contribution in [2.24, 2.45) is 5.73 Å². The molecule has 2 nitrogen and oxygen atoms in total. The van der Waals surface area contributed by atoms with Crippen molar-refractivity contribution in [2.75, 3.05) is 0 Å². The first kappa shape index (κ1) is 19.0. The summed E-state index contributed by atoms with van der Waals surface area (Å²) >= 11 is 0. The molecule has 3 heteroatoms. The monoisotopic (exact) mass is 218 g/mol. The molecule has 0 aromatic carbocycles. The van der Waals surface area contributed by atoms with Gasteiger partial charge in [0.25, 0.3) is 0 Å². The van der Waals surface area contributed by atoms with Crippen molar-refractivity contribution in [3.8, 4) is 0 Å². The summed E-state index contributed by atoms with van der Waals surface area (Å²) in [5.74, 6) is 0. The van der Waals surface area contributed by atoms with Gasteiger partial charge in [-0.05, 0) is 19.1 Å². The molecule has 1 aromatic heterocycles. The number of hydrogen-bond acceptors (Lipinski definition) is 2. The van der Waals surface area contributed by atoms with Crippen LogP contribution in [0.1, 0.15) is 46.4 Å². The highest BCUT2D eigenvalue weighted by Gasteiger charge is 1.95. The number of pyridine rings is 1. The maximum atomic E-state index is 5.55. The molecule has 14 heavy (non-hydrogen) atoms. The van der Waals surface area contributed by atoms with Gasteiger partial charge in [0.1, 0.15) is 0 Å². The Morgan fingerprint density at radius 1 is 1.14 bits per heavy atom. The first-order valence-corrected chi connectivity index (χ1v) is 4.97. The molecule has 0 aliphatic rings. The van der Waals surface area contributed by atoms with Crippen LogP contribution in [-0.4, -0.2) is 4.98 Å². The van der Waals surface area contributed by atoms with Gasteiger partial charge in [-0.3, -0.25) is 4.98 Å². The van der Waals surface area contributed by atoms with Gasteiger partial charge in [0.2, 0.25) is 0 Å². The molecule has 2 N–H and O–H groups in total. The van der Waals surface area contributed by atoms with Crippen molar-refractivity contribution in [2.45, 2.75) is 40.7 Å². The van der Waals surface area contributed by atoms with Crippen LogP contribution in [0.25, 0.3) is 0 Å². The van der Waals surface area contributed by atoms with Gasteiger partial charge in [-0.25, -0.2) is 0 Å². The van der Waals surface area contributed by atoms with Crippen LogP contribution >= 0.6 is 12.4 Å². The van der Waals surface area contributed by atoms with Crippen LogP contribution in [0.15, 0.2) is 24.4 Å². The van der Waals surface area contributed by atoms with Gasteiger partial charge >= 0.3 is 0 Å². The molecule has 1 heterocycles. The third kappa shape index (κ3) is 9.49. The molecular formula is C11H23ClN2. The minimum absolute atomic E-state index is 0. The standard InChI is InChI=1S/C7H10N2.2C2H6.ClH/c1-6(8)7-4-2-3-5-9-7;2*1-2;/h2-6H,8H2,1H3;2*1-2H3;1H. The van der Waals surface area contributed by atoms with E-state index in [1.807, 2.05) is 52.8 Å². The average molecular weight is 219 g/mol. The largest absolute Gasteiger partial charge is 0.323 e. The van der Waals surface area contributed by atoms with E-state index in [1.54, 1.807) is 6.20 Å². The molecule has 0 spiro atoms. The smallest absolute Gasteiger partial charge is 0.0568 e. The van der Waals surface area contributed by atoms with Crippen LogP contribution in [0.3, 0.4) is 0 Å². The van der Waals surface area contributed by atoms with E-state index in [2.05, 4.69) is 4.98 Å². The van der Waals surface area contributed by atoms with E-state index in [0.29, 0.717) is 0 Å². The van der Waals surface area contributed by atoms with Crippen molar-refractivity contribution in [1.82, 2.24) is 4.98 Å². The first-order valence-electron chi connectivity index (χ1n) is 4.97. The van der Waals surface area contributed by atoms with Crippen molar-refractivity contribution in [3.05, 3.63) is 30.1 Å². The predicted molar refractivity (Wildman–Crippen MR) is 66.8 cm³/mol. The fraction of sp³-hybridized carbons (Fsp3) is 0.545. The maximum Gasteiger partial charge on any atom is 0.0568 e. The molecule has 0 saturated heterocycles. The van der Waals surface area contributed by atoms with Gasteiger partial charge in [0, 0.05) is 12.2 Å². The summed E-state index contributed by atoms with van der Waals surface area (Å²) in [7, 11) is 0. The molecule has 0 fully saturated rings. The number of aromatic nitrogens is 1. The first-order chi connectivity index (χ1) is 6.30. The summed E-state index contributed by atoms with van der Waals surface area (Å²) in [6.07, 6.45) is 1.75. The lowest BCUT2D eigenvalue weighted by atomic mass is 10.2. The zero-order chi connectivity index (χ0) is 10.7. The van der Waals surface area contributed by atoms with Crippen LogP contribution in [0.5, 0.6) is 0 Å². The molecule has 0 bridgehead atoms. The zero-order valence-corrected chi connectivity index (χ0v) is 10.6. The summed E-state index contributed by atoms with van der Waals surface area (Å²) in [5, 5.41) is 0. The second-order valence-electron chi connectivity index (χ2n) is 2.04. The van der Waals surface area contributed by atoms with Crippen LogP contribution in [0.4, 0.5) is 0 Å². The minimum Gasteiger partial charge on any atom is -0.323 e. The Bertz CT molecular complexity index is 176. The lowest BCUT2D eigenvalue weighted by Gasteiger charge is -2.00. The lowest BCUT2D eigenvalue weighted by molar-refractivity contribution is 0.781. The van der Waals surface area contributed by atoms with Gasteiger partial charge in [-0.2, -0.15) is 0 Å². The predicted octanol–water partition coefficient (Wildman–Crippen LogP) is 3.58. The maximum absolute atomic E-state index is 5.55. The molecule has 1 unspecified atom stereocenters. The summed E-state index contributed by atoms with van der Waals surface area (Å²) in [4.78, 5) is 4.05. The van der Waals surface area contributed by atoms with Crippen molar-refractivity contribution >= 4 is 12.4 Å². The minimum atomic E-state index is 0. The van der Waals surface area contributed by atoms with E-state index in [4.69, 9.17) is 5.73 Å².